The van der Waals surface area contributed by atoms with Gasteiger partial charge in [-0.25, -0.2) is 4.39 Å². The largest absolute Gasteiger partial charge is 0.419 e. The Balaban J connectivity index is 0.00000128. The van der Waals surface area contributed by atoms with Gasteiger partial charge in [-0.2, -0.15) is 13.2 Å². The van der Waals surface area contributed by atoms with Gasteiger partial charge in [0.1, 0.15) is 5.82 Å². The van der Waals surface area contributed by atoms with E-state index in [1.807, 2.05) is 0 Å². The quantitative estimate of drug-likeness (QED) is 0.760. The fourth-order valence-electron chi connectivity index (χ4n) is 1.59. The molecular weight excluding hydrogens is 246 g/mol. The Bertz CT molecular complexity index is 374. The van der Waals surface area contributed by atoms with E-state index in [-0.39, 0.29) is 24.0 Å². The summed E-state index contributed by atoms with van der Waals surface area (Å²) in [4.78, 5) is 0. The third kappa shape index (κ3) is 2.30. The molecule has 1 N–H and O–H groups in total. The summed E-state index contributed by atoms with van der Waals surface area (Å²) in [5, 5.41) is 2.87. The van der Waals surface area contributed by atoms with E-state index in [2.05, 4.69) is 5.32 Å². The van der Waals surface area contributed by atoms with Crippen molar-refractivity contribution in [2.24, 2.45) is 0 Å². The number of halogens is 5. The lowest BCUT2D eigenvalue weighted by atomic mass is 9.95. The highest BCUT2D eigenvalue weighted by molar-refractivity contribution is 5.85. The van der Waals surface area contributed by atoms with Crippen LogP contribution >= 0.6 is 12.4 Å². The highest BCUT2D eigenvalue weighted by atomic mass is 35.5. The Morgan fingerprint density at radius 1 is 1.25 bits per heavy atom. The van der Waals surface area contributed by atoms with E-state index >= 15 is 0 Å². The van der Waals surface area contributed by atoms with Gasteiger partial charge in [0.25, 0.3) is 0 Å². The van der Waals surface area contributed by atoms with Crippen molar-refractivity contribution < 1.29 is 17.6 Å². The van der Waals surface area contributed by atoms with E-state index in [9.17, 15) is 17.6 Å². The fourth-order valence-corrected chi connectivity index (χ4v) is 1.59. The maximum absolute atomic E-state index is 13.5. The standard InChI is InChI=1S/C10H9F4N.ClH/c11-9-6(8-4-5-15-8)2-1-3-7(9)10(12,13)14;/h1-3,8,15H,4-5H2;1H/t8-;/m1./s1. The Morgan fingerprint density at radius 3 is 2.31 bits per heavy atom. The summed E-state index contributed by atoms with van der Waals surface area (Å²) in [6.07, 6.45) is -3.94. The molecule has 0 spiro atoms. The number of benzene rings is 1. The van der Waals surface area contributed by atoms with Crippen molar-refractivity contribution in [2.75, 3.05) is 6.54 Å². The molecule has 1 atom stereocenters. The summed E-state index contributed by atoms with van der Waals surface area (Å²) in [7, 11) is 0. The van der Waals surface area contributed by atoms with Gasteiger partial charge in [0.15, 0.2) is 0 Å². The molecule has 1 aromatic rings. The number of rotatable bonds is 1. The minimum atomic E-state index is -4.62. The predicted molar refractivity (Wildman–Crippen MR) is 54.0 cm³/mol. The van der Waals surface area contributed by atoms with Crippen LogP contribution in [0.1, 0.15) is 23.6 Å². The lowest BCUT2D eigenvalue weighted by Gasteiger charge is -2.28. The molecule has 0 aliphatic carbocycles. The van der Waals surface area contributed by atoms with Crippen molar-refractivity contribution in [1.82, 2.24) is 5.32 Å². The molecule has 1 heterocycles. The van der Waals surface area contributed by atoms with Crippen molar-refractivity contribution in [1.29, 1.82) is 0 Å². The molecule has 16 heavy (non-hydrogen) atoms. The van der Waals surface area contributed by atoms with Crippen LogP contribution in [0.3, 0.4) is 0 Å². The van der Waals surface area contributed by atoms with Gasteiger partial charge in [0.2, 0.25) is 0 Å². The summed E-state index contributed by atoms with van der Waals surface area (Å²) in [5.41, 5.74) is -1.08. The molecule has 1 saturated heterocycles. The fraction of sp³-hybridized carbons (Fsp3) is 0.400. The third-order valence-electron chi connectivity index (χ3n) is 2.53. The molecule has 1 aliphatic heterocycles. The van der Waals surface area contributed by atoms with Crippen molar-refractivity contribution in [3.05, 3.63) is 35.1 Å². The monoisotopic (exact) mass is 255 g/mol. The highest BCUT2D eigenvalue weighted by Crippen LogP contribution is 2.35. The first-order valence-corrected chi connectivity index (χ1v) is 4.59. The molecule has 0 unspecified atom stereocenters. The summed E-state index contributed by atoms with van der Waals surface area (Å²) >= 11 is 0. The third-order valence-corrected chi connectivity index (χ3v) is 2.53. The zero-order chi connectivity index (χ0) is 11.1. The summed E-state index contributed by atoms with van der Waals surface area (Å²) < 4.78 is 50.5. The molecule has 0 saturated carbocycles. The van der Waals surface area contributed by atoms with Crippen LogP contribution in [0.25, 0.3) is 0 Å². The summed E-state index contributed by atoms with van der Waals surface area (Å²) in [6.45, 7) is 0.723. The molecule has 90 valence electrons. The van der Waals surface area contributed by atoms with Crippen LogP contribution in [0.15, 0.2) is 18.2 Å². The van der Waals surface area contributed by atoms with Gasteiger partial charge >= 0.3 is 6.18 Å². The van der Waals surface area contributed by atoms with Crippen molar-refractivity contribution in [3.63, 3.8) is 0 Å². The Hall–Kier alpha value is -0.810. The van der Waals surface area contributed by atoms with Crippen LogP contribution in [-0.2, 0) is 6.18 Å². The highest BCUT2D eigenvalue weighted by Gasteiger charge is 2.36. The van der Waals surface area contributed by atoms with Gasteiger partial charge in [-0.1, -0.05) is 12.1 Å². The lowest BCUT2D eigenvalue weighted by molar-refractivity contribution is -0.140. The normalized spacial score (nSPS) is 19.9. The lowest BCUT2D eigenvalue weighted by Crippen LogP contribution is -2.35. The minimum Gasteiger partial charge on any atom is -0.310 e. The minimum absolute atomic E-state index is 0. The first-order valence-electron chi connectivity index (χ1n) is 4.59. The van der Waals surface area contributed by atoms with Gasteiger partial charge in [0, 0.05) is 11.6 Å². The second kappa shape index (κ2) is 4.59. The van der Waals surface area contributed by atoms with Crippen molar-refractivity contribution in [3.8, 4) is 0 Å². The van der Waals surface area contributed by atoms with Gasteiger partial charge in [-0.3, -0.25) is 0 Å². The molecule has 1 nitrogen and oxygen atoms in total. The molecule has 1 fully saturated rings. The Kier molecular flexibility index (Phi) is 3.80. The SMILES string of the molecule is Cl.Fc1c([C@H]2CCN2)cccc1C(F)(F)F. The summed E-state index contributed by atoms with van der Waals surface area (Å²) in [5.74, 6) is -1.15. The molecule has 0 aromatic heterocycles. The van der Waals surface area contributed by atoms with Gasteiger partial charge in [-0.15, -0.1) is 12.4 Å². The zero-order valence-electron chi connectivity index (χ0n) is 8.14. The van der Waals surface area contributed by atoms with E-state index in [4.69, 9.17) is 0 Å². The molecule has 1 aliphatic rings. The number of hydrogen-bond acceptors (Lipinski definition) is 1. The molecule has 0 radical (unpaired) electrons. The Labute approximate surface area is 96.3 Å². The zero-order valence-corrected chi connectivity index (χ0v) is 8.96. The van der Waals surface area contributed by atoms with E-state index in [1.54, 1.807) is 0 Å². The molecule has 2 rings (SSSR count). The first-order chi connectivity index (χ1) is 7.00. The second-order valence-corrected chi connectivity index (χ2v) is 3.50. The van der Waals surface area contributed by atoms with Crippen LogP contribution in [0.2, 0.25) is 0 Å². The molecule has 0 amide bonds. The van der Waals surface area contributed by atoms with Gasteiger partial charge < -0.3 is 5.32 Å². The van der Waals surface area contributed by atoms with Crippen LogP contribution in [0.4, 0.5) is 17.6 Å². The van der Waals surface area contributed by atoms with Crippen molar-refractivity contribution >= 4 is 12.4 Å². The first kappa shape index (κ1) is 13.3. The predicted octanol–water partition coefficient (Wildman–Crippen LogP) is 3.30. The average Bonchev–Trinajstić information content (AvgIpc) is 2.03. The smallest absolute Gasteiger partial charge is 0.310 e. The molecule has 1 aromatic carbocycles. The average molecular weight is 256 g/mol. The van der Waals surface area contributed by atoms with Gasteiger partial charge in [0.05, 0.1) is 5.56 Å². The van der Waals surface area contributed by atoms with Crippen LogP contribution in [-0.4, -0.2) is 6.54 Å². The maximum Gasteiger partial charge on any atom is 0.419 e. The van der Waals surface area contributed by atoms with Crippen molar-refractivity contribution in [2.45, 2.75) is 18.6 Å². The number of hydrogen-bond donors (Lipinski definition) is 1. The van der Waals surface area contributed by atoms with E-state index in [1.165, 1.54) is 12.1 Å². The van der Waals surface area contributed by atoms with Crippen LogP contribution < -0.4 is 5.32 Å². The van der Waals surface area contributed by atoms with E-state index < -0.39 is 17.6 Å². The van der Waals surface area contributed by atoms with E-state index in [0.29, 0.717) is 6.42 Å². The van der Waals surface area contributed by atoms with E-state index in [0.717, 1.165) is 12.6 Å². The molecule has 6 heteroatoms. The number of alkyl halides is 3. The van der Waals surface area contributed by atoms with Gasteiger partial charge in [-0.05, 0) is 19.0 Å². The summed E-state index contributed by atoms with van der Waals surface area (Å²) in [6, 6.07) is 3.12. The topological polar surface area (TPSA) is 12.0 Å². The molecule has 0 bridgehead atoms. The maximum atomic E-state index is 13.5. The number of nitrogens with one attached hydrogen (secondary N) is 1. The van der Waals surface area contributed by atoms with Crippen LogP contribution in [0, 0.1) is 5.82 Å². The van der Waals surface area contributed by atoms with Crippen LogP contribution in [0.5, 0.6) is 0 Å². The second-order valence-electron chi connectivity index (χ2n) is 3.50. The molecular formula is C10H10ClF4N. The Morgan fingerprint density at radius 2 is 1.88 bits per heavy atom.